The van der Waals surface area contributed by atoms with E-state index in [9.17, 15) is 21.9 Å². The van der Waals surface area contributed by atoms with Crippen LogP contribution in [-0.2, 0) is 20.1 Å². The van der Waals surface area contributed by atoms with E-state index >= 15 is 26.3 Å². The summed E-state index contributed by atoms with van der Waals surface area (Å²) in [6.07, 6.45) is 0.623. The quantitative estimate of drug-likeness (QED) is 0.0243. The van der Waals surface area contributed by atoms with Gasteiger partial charge in [-0.2, -0.15) is 47.6 Å². The Hall–Kier alpha value is -5.10. The molecule has 1 heterocycles. The zero-order valence-electron chi connectivity index (χ0n) is 33.0. The van der Waals surface area contributed by atoms with E-state index in [4.69, 9.17) is 4.42 Å². The van der Waals surface area contributed by atoms with Gasteiger partial charge in [0.15, 0.2) is 0 Å². The molecular weight excluding hydrogens is 825 g/mol. The Morgan fingerprint density at radius 1 is 0.814 bits per heavy atom. The van der Waals surface area contributed by atoms with E-state index in [1.165, 1.54) is 30.3 Å². The topological polar surface area (TPSA) is 132 Å². The summed E-state index contributed by atoms with van der Waals surface area (Å²) in [6.45, 7) is 14.0. The molecule has 18 heteroatoms. The Morgan fingerprint density at radius 2 is 1.44 bits per heavy atom. The highest BCUT2D eigenvalue weighted by molar-refractivity contribution is 7.91. The van der Waals surface area contributed by atoms with Crippen molar-refractivity contribution in [1.82, 2.24) is 4.58 Å². The average Bonchev–Trinajstić information content (AvgIpc) is 3.20. The molecule has 10 nitrogen and oxygen atoms in total. The van der Waals surface area contributed by atoms with Gasteiger partial charge in [-0.05, 0) is 87.1 Å². The highest BCUT2D eigenvalue weighted by Gasteiger charge is 2.83. The summed E-state index contributed by atoms with van der Waals surface area (Å²) in [5.74, 6) is -9.94. The van der Waals surface area contributed by atoms with Crippen molar-refractivity contribution in [2.75, 3.05) is 31.1 Å². The van der Waals surface area contributed by atoms with Crippen LogP contribution in [0.5, 0.6) is 5.75 Å². The van der Waals surface area contributed by atoms with Crippen LogP contribution in [0.25, 0.3) is 33.4 Å². The first kappa shape index (κ1) is 45.0. The van der Waals surface area contributed by atoms with Gasteiger partial charge in [0, 0.05) is 53.3 Å². The lowest BCUT2D eigenvalue weighted by Crippen LogP contribution is -2.61. The molecule has 1 unspecified atom stereocenters. The first-order valence-corrected chi connectivity index (χ1v) is 21.6. The largest absolute Gasteiger partial charge is 0.858 e. The van der Waals surface area contributed by atoms with Gasteiger partial charge in [0.05, 0.1) is 6.07 Å². The lowest BCUT2D eigenvalue weighted by Gasteiger charge is -2.30. The molecule has 0 bridgehead atoms. The van der Waals surface area contributed by atoms with Crippen LogP contribution in [0.2, 0.25) is 0 Å². The predicted octanol–water partition coefficient (Wildman–Crippen LogP) is 8.04. The fourth-order valence-corrected chi connectivity index (χ4v) is 8.45. The van der Waals surface area contributed by atoms with Crippen molar-refractivity contribution >= 4 is 42.7 Å². The SMILES string of the molecule is CCC(C)c1ccc(OS(=O)(=O)C(F)(F)C(F)(F)C(F)(F)S(=O)(=O)N=C([O-])c2ccccc2-c2c3ccc(=[N+](CC)CC)cc-3oc3cc(N(CC)CC)ccc23)cc1. The molecule has 0 spiro atoms. The maximum atomic E-state index is 15.4. The van der Waals surface area contributed by atoms with Crippen molar-refractivity contribution in [3.05, 3.63) is 101 Å². The summed E-state index contributed by atoms with van der Waals surface area (Å²) in [4.78, 5) is 2.04. The molecule has 3 aromatic carbocycles. The van der Waals surface area contributed by atoms with Crippen LogP contribution >= 0.6 is 0 Å². The lowest BCUT2D eigenvalue weighted by atomic mass is 9.90. The minimum Gasteiger partial charge on any atom is -0.858 e. The van der Waals surface area contributed by atoms with E-state index in [0.29, 0.717) is 60.5 Å². The van der Waals surface area contributed by atoms with Crippen LogP contribution in [0.1, 0.15) is 65.0 Å². The van der Waals surface area contributed by atoms with Gasteiger partial charge in [-0.1, -0.05) is 50.2 Å². The van der Waals surface area contributed by atoms with E-state index < -0.39 is 53.8 Å². The van der Waals surface area contributed by atoms with E-state index in [2.05, 4.69) is 8.58 Å². The molecule has 0 fully saturated rings. The summed E-state index contributed by atoms with van der Waals surface area (Å²) >= 11 is 0. The molecule has 318 valence electrons. The molecule has 0 saturated carbocycles. The van der Waals surface area contributed by atoms with Crippen molar-refractivity contribution in [2.24, 2.45) is 4.40 Å². The van der Waals surface area contributed by atoms with Gasteiger partial charge in [0.2, 0.25) is 5.36 Å². The zero-order valence-corrected chi connectivity index (χ0v) is 34.6. The van der Waals surface area contributed by atoms with Gasteiger partial charge in [-0.25, -0.2) is 4.58 Å². The van der Waals surface area contributed by atoms with E-state index in [0.717, 1.165) is 29.2 Å². The Kier molecular flexibility index (Phi) is 12.9. The number of halogens is 6. The van der Waals surface area contributed by atoms with Crippen LogP contribution in [0.15, 0.2) is 93.7 Å². The van der Waals surface area contributed by atoms with Crippen molar-refractivity contribution < 1.29 is 56.9 Å². The maximum Gasteiger partial charge on any atom is 0.450 e. The van der Waals surface area contributed by atoms with E-state index in [-0.39, 0.29) is 17.0 Å². The third-order valence-corrected chi connectivity index (χ3v) is 12.8. The van der Waals surface area contributed by atoms with Crippen molar-refractivity contribution in [1.29, 1.82) is 0 Å². The van der Waals surface area contributed by atoms with E-state index in [1.807, 2.05) is 44.1 Å². The molecule has 0 amide bonds. The molecule has 1 aliphatic heterocycles. The number of sulfonamides is 1. The van der Waals surface area contributed by atoms with Crippen molar-refractivity contribution in [2.45, 2.75) is 70.3 Å². The van der Waals surface area contributed by atoms with Crippen LogP contribution in [0, 0.1) is 0 Å². The molecule has 0 saturated heterocycles. The van der Waals surface area contributed by atoms with Crippen molar-refractivity contribution in [3.63, 3.8) is 0 Å². The molecule has 3 aromatic rings. The molecule has 59 heavy (non-hydrogen) atoms. The van der Waals surface area contributed by atoms with E-state index in [1.54, 1.807) is 43.3 Å². The second-order valence-electron chi connectivity index (χ2n) is 13.6. The summed E-state index contributed by atoms with van der Waals surface area (Å²) in [7, 11) is -14.3. The number of hydrogen-bond donors (Lipinski definition) is 0. The van der Waals surface area contributed by atoms with Crippen LogP contribution < -0.4 is 24.1 Å². The highest BCUT2D eigenvalue weighted by Crippen LogP contribution is 2.52. The summed E-state index contributed by atoms with van der Waals surface area (Å²) in [6, 6.07) is 19.5. The Labute approximate surface area is 338 Å². The van der Waals surface area contributed by atoms with Gasteiger partial charge < -0.3 is 18.6 Å². The summed E-state index contributed by atoms with van der Waals surface area (Å²) in [5.41, 5.74) is 1.52. The van der Waals surface area contributed by atoms with Gasteiger partial charge in [0.1, 0.15) is 30.2 Å². The molecule has 0 radical (unpaired) electrons. The van der Waals surface area contributed by atoms with Gasteiger partial charge >= 0.3 is 36.6 Å². The second kappa shape index (κ2) is 16.9. The number of anilines is 1. The number of alkyl halides is 6. The second-order valence-corrected chi connectivity index (χ2v) is 16.9. The fourth-order valence-electron chi connectivity index (χ4n) is 6.59. The smallest absolute Gasteiger partial charge is 0.450 e. The highest BCUT2D eigenvalue weighted by atomic mass is 32.2. The van der Waals surface area contributed by atoms with Gasteiger partial charge in [0.25, 0.3) is 0 Å². The molecule has 1 aliphatic carbocycles. The minimum atomic E-state index is -7.26. The molecular formula is C41H43F6N3O7S2. The normalized spacial score (nSPS) is 13.8. The maximum absolute atomic E-state index is 15.4. The summed E-state index contributed by atoms with van der Waals surface area (Å²) in [5, 5.41) is 0.966. The van der Waals surface area contributed by atoms with Crippen LogP contribution in [0.4, 0.5) is 32.0 Å². The minimum absolute atomic E-state index is 0.0766. The molecule has 2 aliphatic rings. The number of hydrogen-bond acceptors (Lipinski definition) is 8. The van der Waals surface area contributed by atoms with Crippen LogP contribution in [0.3, 0.4) is 0 Å². The average molecular weight is 868 g/mol. The number of nitrogens with zero attached hydrogens (tertiary/aromatic N) is 3. The molecule has 5 rings (SSSR count). The monoisotopic (exact) mass is 867 g/mol. The van der Waals surface area contributed by atoms with Gasteiger partial charge in [-0.15, -0.1) is 0 Å². The number of rotatable bonds is 16. The molecule has 0 aromatic heterocycles. The lowest BCUT2D eigenvalue weighted by molar-refractivity contribution is -0.245. The van der Waals surface area contributed by atoms with Crippen molar-refractivity contribution in [3.8, 4) is 28.2 Å². The first-order valence-electron chi connectivity index (χ1n) is 18.7. The first-order chi connectivity index (χ1) is 27.6. The third kappa shape index (κ3) is 8.12. The predicted molar refractivity (Wildman–Crippen MR) is 213 cm³/mol. The Balaban J connectivity index is 1.63. The number of fused-ring (bicyclic) bond motifs is 2. The molecule has 0 N–H and O–H groups in total. The molecule has 1 atom stereocenters. The zero-order chi connectivity index (χ0) is 43.7. The standard InChI is InChI=1S/C41H43F6N3O7S2/c1-7-26(6)27-16-20-30(21-17-27)57-59(54,55)41(46,47)39(42,43)40(44,45)58(52,53)48-38(51)32-15-13-12-14-31(32)37-33-22-18-28(49(8-2)9-3)24-35(33)56-36-25-29(19-23-34(36)37)50(10-4)11-5/h12-26H,7-11H2,1-6H3. The Bertz CT molecular complexity index is 2620. The van der Waals surface area contributed by atoms with Gasteiger partial charge in [-0.3, -0.25) is 0 Å². The third-order valence-electron chi connectivity index (χ3n) is 10.2. The summed E-state index contributed by atoms with van der Waals surface area (Å²) < 4.78 is 157. The Morgan fingerprint density at radius 3 is 2.03 bits per heavy atom. The fraction of sp³-hybridized carbons (Fsp3) is 0.366. The van der Waals surface area contributed by atoms with Crippen LogP contribution in [-0.4, -0.2) is 65.3 Å². The number of benzene rings is 4.